The van der Waals surface area contributed by atoms with Gasteiger partial charge in [-0.1, -0.05) is 338 Å². The van der Waals surface area contributed by atoms with Crippen LogP contribution in [0.25, 0.3) is 0 Å². The van der Waals surface area contributed by atoms with Crippen molar-refractivity contribution in [2.24, 2.45) is 0 Å². The first kappa shape index (κ1) is 78.1. The van der Waals surface area contributed by atoms with Crippen molar-refractivity contribution in [3.8, 4) is 0 Å². The van der Waals surface area contributed by atoms with Gasteiger partial charge in [-0.05, 0) is 83.5 Å². The molecule has 0 saturated heterocycles. The van der Waals surface area contributed by atoms with Crippen molar-refractivity contribution in [3.63, 3.8) is 0 Å². The van der Waals surface area contributed by atoms with Crippen LogP contribution in [0.5, 0.6) is 0 Å². The van der Waals surface area contributed by atoms with Crippen LogP contribution >= 0.6 is 0 Å². The van der Waals surface area contributed by atoms with Crippen molar-refractivity contribution in [2.75, 3.05) is 13.2 Å². The fraction of sp³-hybridized carbons (Fsp3) is 0.827. The highest BCUT2D eigenvalue weighted by atomic mass is 16.6. The molecule has 0 aliphatic carbocycles. The van der Waals surface area contributed by atoms with Gasteiger partial charge in [0.2, 0.25) is 0 Å². The van der Waals surface area contributed by atoms with Crippen LogP contribution in [0.3, 0.4) is 0 Å². The summed E-state index contributed by atoms with van der Waals surface area (Å²) in [7, 11) is 0. The quantitative estimate of drug-likeness (QED) is 0.0261. The first-order valence-electron chi connectivity index (χ1n) is 35.8. The summed E-state index contributed by atoms with van der Waals surface area (Å²) >= 11 is 0. The number of allylic oxidation sites excluding steroid dienone is 10. The SMILES string of the molecule is CC/C=C\C/C=C\C/C=C\C/C=C\CCCCCCCCCCC(=O)OC(COC(=O)CCCCCCCCCCCCCCCCC)COC(=O)CCCCCCCCCCCCCCCCC/C=C\CCCCCCCCCC. The van der Waals surface area contributed by atoms with Gasteiger partial charge < -0.3 is 14.2 Å². The molecule has 1 unspecified atom stereocenters. The molecule has 0 aromatic rings. The number of esters is 3. The van der Waals surface area contributed by atoms with Gasteiger partial charge in [0.25, 0.3) is 0 Å². The van der Waals surface area contributed by atoms with E-state index in [4.69, 9.17) is 14.2 Å². The van der Waals surface area contributed by atoms with E-state index in [1.807, 2.05) is 0 Å². The fourth-order valence-electron chi connectivity index (χ4n) is 10.7. The molecule has 0 radical (unpaired) electrons. The van der Waals surface area contributed by atoms with Crippen molar-refractivity contribution in [1.82, 2.24) is 0 Å². The molecule has 6 nitrogen and oxygen atoms in total. The average Bonchev–Trinajstić information content (AvgIpc) is 3.47. The minimum atomic E-state index is -0.778. The molecular weight excluding hydrogens is 997 g/mol. The minimum Gasteiger partial charge on any atom is -0.462 e. The summed E-state index contributed by atoms with van der Waals surface area (Å²) in [5.41, 5.74) is 0. The Morgan fingerprint density at radius 3 is 0.765 bits per heavy atom. The summed E-state index contributed by atoms with van der Waals surface area (Å²) in [5.74, 6) is -0.855. The Morgan fingerprint density at radius 2 is 0.481 bits per heavy atom. The molecule has 472 valence electrons. The lowest BCUT2D eigenvalue weighted by atomic mass is 10.0. The molecule has 0 amide bonds. The topological polar surface area (TPSA) is 78.9 Å². The second kappa shape index (κ2) is 69.6. The average molecular weight is 1130 g/mol. The standard InChI is InChI=1S/C75H136O6/c1-4-7-10-13-16-19-22-25-28-30-32-34-35-36-37-38-39-41-42-44-47-50-53-56-59-62-65-68-74(77)80-71-72(70-79-73(76)67-64-61-58-55-52-49-46-27-24-21-18-15-12-9-6-3)81-75(78)69-66-63-60-57-54-51-48-45-43-40-33-31-29-26-23-20-17-14-11-8-5-2/h8,11,17,20,26,29-30,32-33,40,72H,4-7,9-10,12-16,18-19,21-25,27-28,31,34-39,41-71H2,1-3H3/b11-8-,20-17-,29-26-,32-30-,40-33-. The van der Waals surface area contributed by atoms with E-state index in [0.717, 1.165) is 89.9 Å². The van der Waals surface area contributed by atoms with Crippen molar-refractivity contribution in [2.45, 2.75) is 386 Å². The van der Waals surface area contributed by atoms with E-state index in [1.54, 1.807) is 0 Å². The maximum atomic E-state index is 13.0. The lowest BCUT2D eigenvalue weighted by Crippen LogP contribution is -2.30. The third kappa shape index (κ3) is 67.8. The maximum Gasteiger partial charge on any atom is 0.306 e. The van der Waals surface area contributed by atoms with E-state index >= 15 is 0 Å². The van der Waals surface area contributed by atoms with Gasteiger partial charge in [0, 0.05) is 19.3 Å². The number of carbonyl (C=O) groups excluding carboxylic acids is 3. The molecule has 0 bridgehead atoms. The fourth-order valence-corrected chi connectivity index (χ4v) is 10.7. The molecule has 81 heavy (non-hydrogen) atoms. The second-order valence-electron chi connectivity index (χ2n) is 24.1. The van der Waals surface area contributed by atoms with Crippen LogP contribution in [0.15, 0.2) is 60.8 Å². The third-order valence-corrected chi connectivity index (χ3v) is 16.0. The van der Waals surface area contributed by atoms with Crippen molar-refractivity contribution >= 4 is 17.9 Å². The zero-order valence-electron chi connectivity index (χ0n) is 54.3. The van der Waals surface area contributed by atoms with E-state index in [9.17, 15) is 14.4 Å². The van der Waals surface area contributed by atoms with E-state index < -0.39 is 6.10 Å². The van der Waals surface area contributed by atoms with Crippen LogP contribution in [-0.2, 0) is 28.6 Å². The maximum absolute atomic E-state index is 13.0. The van der Waals surface area contributed by atoms with Gasteiger partial charge >= 0.3 is 17.9 Å². The molecule has 0 fully saturated rings. The molecule has 0 aromatic carbocycles. The number of carbonyl (C=O) groups is 3. The van der Waals surface area contributed by atoms with Crippen molar-refractivity contribution in [3.05, 3.63) is 60.8 Å². The second-order valence-corrected chi connectivity index (χ2v) is 24.1. The number of ether oxygens (including phenoxy) is 3. The summed E-state index contributed by atoms with van der Waals surface area (Å²) in [6.45, 7) is 6.59. The van der Waals surface area contributed by atoms with Gasteiger partial charge in [0.15, 0.2) is 6.10 Å². The van der Waals surface area contributed by atoms with Gasteiger partial charge in [0.05, 0.1) is 0 Å². The van der Waals surface area contributed by atoms with Gasteiger partial charge in [-0.15, -0.1) is 0 Å². The number of unbranched alkanes of at least 4 members (excludes halogenated alkanes) is 45. The van der Waals surface area contributed by atoms with Crippen LogP contribution in [0.2, 0.25) is 0 Å². The summed E-state index contributed by atoms with van der Waals surface area (Å²) in [4.78, 5) is 38.5. The lowest BCUT2D eigenvalue weighted by molar-refractivity contribution is -0.167. The summed E-state index contributed by atoms with van der Waals surface area (Å²) in [5, 5.41) is 0. The van der Waals surface area contributed by atoms with Crippen molar-refractivity contribution in [1.29, 1.82) is 0 Å². The first-order valence-corrected chi connectivity index (χ1v) is 35.8. The molecule has 0 N–H and O–H groups in total. The van der Waals surface area contributed by atoms with E-state index in [2.05, 4.69) is 81.5 Å². The van der Waals surface area contributed by atoms with Gasteiger partial charge in [0.1, 0.15) is 13.2 Å². The number of rotatable bonds is 66. The monoisotopic (exact) mass is 1130 g/mol. The lowest BCUT2D eigenvalue weighted by Gasteiger charge is -2.18. The molecule has 0 rings (SSSR count). The predicted molar refractivity (Wildman–Crippen MR) is 353 cm³/mol. The van der Waals surface area contributed by atoms with Crippen LogP contribution in [0, 0.1) is 0 Å². The number of hydrogen-bond donors (Lipinski definition) is 0. The van der Waals surface area contributed by atoms with Crippen LogP contribution in [0.4, 0.5) is 0 Å². The molecule has 0 heterocycles. The smallest absolute Gasteiger partial charge is 0.306 e. The molecule has 0 aliphatic heterocycles. The first-order chi connectivity index (χ1) is 40.0. The zero-order chi connectivity index (χ0) is 58.5. The van der Waals surface area contributed by atoms with E-state index in [0.29, 0.717) is 19.3 Å². The molecule has 0 aliphatic rings. The zero-order valence-corrected chi connectivity index (χ0v) is 54.3. The highest BCUT2D eigenvalue weighted by molar-refractivity contribution is 5.71. The minimum absolute atomic E-state index is 0.0728. The summed E-state index contributed by atoms with van der Waals surface area (Å²) in [6.07, 6.45) is 89.6. The van der Waals surface area contributed by atoms with Gasteiger partial charge in [-0.2, -0.15) is 0 Å². The van der Waals surface area contributed by atoms with Crippen LogP contribution in [-0.4, -0.2) is 37.2 Å². The molecular formula is C75H136O6. The Labute approximate surface area is 504 Å². The largest absolute Gasteiger partial charge is 0.462 e. The molecule has 0 aromatic heterocycles. The van der Waals surface area contributed by atoms with Gasteiger partial charge in [-0.25, -0.2) is 0 Å². The van der Waals surface area contributed by atoms with Crippen LogP contribution < -0.4 is 0 Å². The Hall–Kier alpha value is -2.89. The highest BCUT2D eigenvalue weighted by Crippen LogP contribution is 2.18. The highest BCUT2D eigenvalue weighted by Gasteiger charge is 2.19. The van der Waals surface area contributed by atoms with E-state index in [1.165, 1.54) is 250 Å². The third-order valence-electron chi connectivity index (χ3n) is 16.0. The summed E-state index contributed by atoms with van der Waals surface area (Å²) in [6, 6.07) is 0. The Morgan fingerprint density at radius 1 is 0.259 bits per heavy atom. The van der Waals surface area contributed by atoms with Gasteiger partial charge in [-0.3, -0.25) is 14.4 Å². The molecule has 6 heteroatoms. The van der Waals surface area contributed by atoms with E-state index in [-0.39, 0.29) is 31.1 Å². The molecule has 0 saturated carbocycles. The Kier molecular flexibility index (Phi) is 67.1. The normalized spacial score (nSPS) is 12.4. The molecule has 0 spiro atoms. The summed E-state index contributed by atoms with van der Waals surface area (Å²) < 4.78 is 17.0. The predicted octanol–water partition coefficient (Wildman–Crippen LogP) is 24.7. The van der Waals surface area contributed by atoms with Crippen LogP contribution in [0.1, 0.15) is 380 Å². The Balaban J connectivity index is 4.27. The Bertz CT molecular complexity index is 1440. The molecule has 1 atom stereocenters. The van der Waals surface area contributed by atoms with Crippen molar-refractivity contribution < 1.29 is 28.6 Å². The number of hydrogen-bond acceptors (Lipinski definition) is 6.